The number of benzene rings is 1. The molecule has 2 heteroatoms. The van der Waals surface area contributed by atoms with Crippen molar-refractivity contribution in [3.63, 3.8) is 0 Å². The highest BCUT2D eigenvalue weighted by Crippen LogP contribution is 2.38. The predicted molar refractivity (Wildman–Crippen MR) is 85.7 cm³/mol. The van der Waals surface area contributed by atoms with Crippen LogP contribution in [-0.4, -0.2) is 6.04 Å². The van der Waals surface area contributed by atoms with Gasteiger partial charge in [0.2, 0.25) is 0 Å². The fourth-order valence-electron chi connectivity index (χ4n) is 4.44. The van der Waals surface area contributed by atoms with Crippen molar-refractivity contribution in [1.82, 2.24) is 5.32 Å². The fraction of sp³-hybridized carbons (Fsp3) is 0.684. The van der Waals surface area contributed by atoms with Gasteiger partial charge in [0.05, 0.1) is 0 Å². The Morgan fingerprint density at radius 2 is 2.00 bits per heavy atom. The lowest BCUT2D eigenvalue weighted by atomic mass is 9.73. The molecule has 4 atom stereocenters. The summed E-state index contributed by atoms with van der Waals surface area (Å²) in [7, 11) is 0. The highest BCUT2D eigenvalue weighted by molar-refractivity contribution is 5.35. The molecule has 4 unspecified atom stereocenters. The maximum absolute atomic E-state index is 13.9. The van der Waals surface area contributed by atoms with Gasteiger partial charge in [-0.25, -0.2) is 4.39 Å². The summed E-state index contributed by atoms with van der Waals surface area (Å²) in [5, 5.41) is 3.90. The number of hydrogen-bond donors (Lipinski definition) is 1. The van der Waals surface area contributed by atoms with Crippen LogP contribution in [0.25, 0.3) is 0 Å². The molecule has 1 aromatic carbocycles. The second-order valence-electron chi connectivity index (χ2n) is 7.50. The van der Waals surface area contributed by atoms with Gasteiger partial charge in [-0.1, -0.05) is 39.3 Å². The number of nitrogens with one attached hydrogen (secondary N) is 1. The molecule has 3 rings (SSSR count). The average Bonchev–Trinajstić information content (AvgIpc) is 2.83. The highest BCUT2D eigenvalue weighted by Gasteiger charge is 2.34. The van der Waals surface area contributed by atoms with Gasteiger partial charge in [0.25, 0.3) is 0 Å². The molecule has 2 aliphatic rings. The zero-order valence-electron chi connectivity index (χ0n) is 13.5. The molecular formula is C19H28FN. The number of halogens is 1. The van der Waals surface area contributed by atoms with Gasteiger partial charge in [-0.2, -0.15) is 0 Å². The van der Waals surface area contributed by atoms with Crippen molar-refractivity contribution in [3.05, 3.63) is 35.1 Å². The summed E-state index contributed by atoms with van der Waals surface area (Å²) >= 11 is 0. The monoisotopic (exact) mass is 289 g/mol. The fourth-order valence-corrected chi connectivity index (χ4v) is 4.44. The molecular weight excluding hydrogens is 261 g/mol. The van der Waals surface area contributed by atoms with E-state index in [0.717, 1.165) is 36.2 Å². The number of fused-ring (bicyclic) bond motifs is 1. The maximum Gasteiger partial charge on any atom is 0.126 e. The summed E-state index contributed by atoms with van der Waals surface area (Å²) in [6.45, 7) is 7.06. The van der Waals surface area contributed by atoms with Gasteiger partial charge in [0, 0.05) is 12.1 Å². The largest absolute Gasteiger partial charge is 0.307 e. The van der Waals surface area contributed by atoms with Crippen molar-refractivity contribution in [1.29, 1.82) is 0 Å². The van der Waals surface area contributed by atoms with Crippen LogP contribution in [0.5, 0.6) is 0 Å². The van der Waals surface area contributed by atoms with Crippen molar-refractivity contribution in [2.45, 2.75) is 65.0 Å². The lowest BCUT2D eigenvalue weighted by Gasteiger charge is -2.39. The van der Waals surface area contributed by atoms with E-state index >= 15 is 0 Å². The smallest absolute Gasteiger partial charge is 0.126 e. The molecule has 0 amide bonds. The standard InChI is InChI=1S/C19H28FN/c1-12(2)14-8-7-13(3)11-19(14)21-18-10-9-15-16(18)5-4-6-17(15)20/h4-6,12-14,18-19,21H,7-11H2,1-3H3. The van der Waals surface area contributed by atoms with E-state index in [9.17, 15) is 4.39 Å². The van der Waals surface area contributed by atoms with Crippen molar-refractivity contribution in [2.75, 3.05) is 0 Å². The van der Waals surface area contributed by atoms with Crippen molar-refractivity contribution in [3.8, 4) is 0 Å². The van der Waals surface area contributed by atoms with Gasteiger partial charge in [-0.15, -0.1) is 0 Å². The first kappa shape index (κ1) is 15.0. The minimum Gasteiger partial charge on any atom is -0.307 e. The van der Waals surface area contributed by atoms with Crippen LogP contribution in [0.2, 0.25) is 0 Å². The van der Waals surface area contributed by atoms with Crippen LogP contribution < -0.4 is 5.32 Å². The molecule has 0 spiro atoms. The van der Waals surface area contributed by atoms with E-state index in [-0.39, 0.29) is 5.82 Å². The topological polar surface area (TPSA) is 12.0 Å². The molecule has 0 heterocycles. The lowest BCUT2D eigenvalue weighted by molar-refractivity contribution is 0.159. The van der Waals surface area contributed by atoms with Crippen molar-refractivity contribution < 1.29 is 4.39 Å². The van der Waals surface area contributed by atoms with Crippen LogP contribution in [0.3, 0.4) is 0 Å². The summed E-state index contributed by atoms with van der Waals surface area (Å²) in [5.41, 5.74) is 2.15. The highest BCUT2D eigenvalue weighted by atomic mass is 19.1. The van der Waals surface area contributed by atoms with Crippen LogP contribution in [0.1, 0.15) is 63.6 Å². The maximum atomic E-state index is 13.9. The normalized spacial score (nSPS) is 32.4. The molecule has 0 bridgehead atoms. The van der Waals surface area contributed by atoms with E-state index < -0.39 is 0 Å². The third-order valence-corrected chi connectivity index (χ3v) is 5.65. The Labute approximate surface area is 128 Å². The zero-order valence-corrected chi connectivity index (χ0v) is 13.5. The van der Waals surface area contributed by atoms with Gasteiger partial charge in [0.1, 0.15) is 5.82 Å². The molecule has 1 aromatic rings. The van der Waals surface area contributed by atoms with E-state index in [0.29, 0.717) is 12.1 Å². The molecule has 0 aliphatic heterocycles. The van der Waals surface area contributed by atoms with E-state index in [2.05, 4.69) is 32.2 Å². The van der Waals surface area contributed by atoms with E-state index in [1.807, 2.05) is 6.07 Å². The van der Waals surface area contributed by atoms with Crippen LogP contribution in [0.15, 0.2) is 18.2 Å². The molecule has 1 N–H and O–H groups in total. The minimum atomic E-state index is -0.0192. The molecule has 1 nitrogen and oxygen atoms in total. The molecule has 2 aliphatic carbocycles. The first-order valence-corrected chi connectivity index (χ1v) is 8.59. The summed E-state index contributed by atoms with van der Waals surface area (Å²) < 4.78 is 13.9. The quantitative estimate of drug-likeness (QED) is 0.837. The van der Waals surface area contributed by atoms with Crippen LogP contribution in [0, 0.1) is 23.6 Å². The van der Waals surface area contributed by atoms with Crippen LogP contribution in [-0.2, 0) is 6.42 Å². The molecule has 1 fully saturated rings. The summed E-state index contributed by atoms with van der Waals surface area (Å²) in [4.78, 5) is 0. The Hall–Kier alpha value is -0.890. The third kappa shape index (κ3) is 3.01. The second-order valence-corrected chi connectivity index (χ2v) is 7.50. The Morgan fingerprint density at radius 3 is 2.76 bits per heavy atom. The zero-order chi connectivity index (χ0) is 15.0. The van der Waals surface area contributed by atoms with Crippen LogP contribution >= 0.6 is 0 Å². The molecule has 0 radical (unpaired) electrons. The molecule has 0 saturated heterocycles. The molecule has 1 saturated carbocycles. The van der Waals surface area contributed by atoms with Crippen LogP contribution in [0.4, 0.5) is 4.39 Å². The Kier molecular flexibility index (Phi) is 4.35. The van der Waals surface area contributed by atoms with Gasteiger partial charge >= 0.3 is 0 Å². The SMILES string of the molecule is CC1CCC(C(C)C)C(NC2CCc3c(F)cccc32)C1. The summed E-state index contributed by atoms with van der Waals surface area (Å²) in [6, 6.07) is 6.51. The lowest BCUT2D eigenvalue weighted by Crippen LogP contribution is -2.44. The third-order valence-electron chi connectivity index (χ3n) is 5.65. The summed E-state index contributed by atoms with van der Waals surface area (Å²) in [6.07, 6.45) is 5.89. The van der Waals surface area contributed by atoms with Gasteiger partial charge in [-0.3, -0.25) is 0 Å². The molecule has 0 aromatic heterocycles. The van der Waals surface area contributed by atoms with Gasteiger partial charge in [0.15, 0.2) is 0 Å². The Balaban J connectivity index is 1.76. The number of hydrogen-bond acceptors (Lipinski definition) is 1. The average molecular weight is 289 g/mol. The van der Waals surface area contributed by atoms with E-state index in [1.54, 1.807) is 6.07 Å². The second kappa shape index (κ2) is 6.08. The van der Waals surface area contributed by atoms with Gasteiger partial charge in [-0.05, 0) is 60.6 Å². The first-order chi connectivity index (χ1) is 10.1. The predicted octanol–water partition coefficient (Wildman–Crippen LogP) is 4.86. The first-order valence-electron chi connectivity index (χ1n) is 8.59. The summed E-state index contributed by atoms with van der Waals surface area (Å²) in [5.74, 6) is 2.28. The van der Waals surface area contributed by atoms with Gasteiger partial charge < -0.3 is 5.32 Å². The minimum absolute atomic E-state index is 0.0192. The molecule has 116 valence electrons. The van der Waals surface area contributed by atoms with E-state index in [4.69, 9.17) is 0 Å². The van der Waals surface area contributed by atoms with Crippen molar-refractivity contribution >= 4 is 0 Å². The Morgan fingerprint density at radius 1 is 1.19 bits per heavy atom. The number of rotatable bonds is 3. The molecule has 21 heavy (non-hydrogen) atoms. The van der Waals surface area contributed by atoms with E-state index in [1.165, 1.54) is 24.8 Å². The Bertz CT molecular complexity index is 496. The van der Waals surface area contributed by atoms with Crippen molar-refractivity contribution in [2.24, 2.45) is 17.8 Å².